The van der Waals surface area contributed by atoms with Gasteiger partial charge in [-0.25, -0.2) is 9.37 Å². The molecule has 0 aliphatic heterocycles. The zero-order valence-corrected chi connectivity index (χ0v) is 11.7. The zero-order chi connectivity index (χ0) is 15.4. The molecule has 0 bridgehead atoms. The molecule has 0 saturated heterocycles. The minimum absolute atomic E-state index is 0.236. The number of nitrogens with zero attached hydrogens (tertiary/aromatic N) is 2. The van der Waals surface area contributed by atoms with Gasteiger partial charge in [-0.05, 0) is 42.0 Å². The molecule has 0 saturated carbocycles. The van der Waals surface area contributed by atoms with Gasteiger partial charge in [0.05, 0.1) is 0 Å². The maximum Gasteiger partial charge on any atom is 0.157 e. The van der Waals surface area contributed by atoms with Gasteiger partial charge in [0.25, 0.3) is 0 Å². The molecule has 3 rings (SSSR count). The van der Waals surface area contributed by atoms with Crippen LogP contribution in [0.2, 0.25) is 0 Å². The van der Waals surface area contributed by atoms with Gasteiger partial charge in [-0.15, -0.1) is 0 Å². The van der Waals surface area contributed by atoms with Crippen LogP contribution in [0.4, 0.5) is 4.39 Å². The second kappa shape index (κ2) is 6.36. The molecule has 1 atom stereocenters. The van der Waals surface area contributed by atoms with Crippen LogP contribution in [0.3, 0.4) is 0 Å². The average molecular weight is 298 g/mol. The Labute approximate surface area is 126 Å². The van der Waals surface area contributed by atoms with Crippen molar-refractivity contribution >= 4 is 6.08 Å². The van der Waals surface area contributed by atoms with Crippen LogP contribution >= 0.6 is 0 Å². The molecule has 0 fully saturated rings. The first-order chi connectivity index (χ1) is 10.7. The number of benzene rings is 1. The molecule has 22 heavy (non-hydrogen) atoms. The van der Waals surface area contributed by atoms with Crippen molar-refractivity contribution in [2.45, 2.75) is 12.5 Å². The fourth-order valence-corrected chi connectivity index (χ4v) is 2.13. The molecular formula is C16H15FN4O. The van der Waals surface area contributed by atoms with Gasteiger partial charge in [-0.2, -0.15) is 5.10 Å². The lowest BCUT2D eigenvalue weighted by atomic mass is 10.1. The predicted molar refractivity (Wildman–Crippen MR) is 80.4 cm³/mol. The molecule has 0 amide bonds. The van der Waals surface area contributed by atoms with E-state index in [1.807, 2.05) is 12.1 Å². The lowest BCUT2D eigenvalue weighted by Crippen LogP contribution is -1.95. The van der Waals surface area contributed by atoms with Crippen LogP contribution in [-0.2, 0) is 6.42 Å². The van der Waals surface area contributed by atoms with Crippen molar-refractivity contribution < 1.29 is 9.50 Å². The van der Waals surface area contributed by atoms with E-state index < -0.39 is 6.10 Å². The summed E-state index contributed by atoms with van der Waals surface area (Å²) < 4.78 is 12.9. The van der Waals surface area contributed by atoms with Crippen molar-refractivity contribution in [2.24, 2.45) is 0 Å². The second-order valence-corrected chi connectivity index (χ2v) is 4.92. The van der Waals surface area contributed by atoms with Crippen LogP contribution in [0.25, 0.3) is 6.08 Å². The minimum atomic E-state index is -0.827. The molecule has 0 aliphatic rings. The lowest BCUT2D eigenvalue weighted by molar-refractivity contribution is 0.219. The quantitative estimate of drug-likeness (QED) is 0.677. The number of nitrogens with one attached hydrogen (secondary N) is 2. The number of aromatic amines is 2. The van der Waals surface area contributed by atoms with Crippen LogP contribution in [0, 0.1) is 5.82 Å². The fourth-order valence-electron chi connectivity index (χ4n) is 2.13. The maximum atomic E-state index is 12.9. The number of hydrogen-bond donors (Lipinski definition) is 3. The number of hydrogen-bond acceptors (Lipinski definition) is 3. The molecule has 112 valence electrons. The van der Waals surface area contributed by atoms with Crippen molar-refractivity contribution in [3.63, 3.8) is 0 Å². The highest BCUT2D eigenvalue weighted by Gasteiger charge is 2.06. The van der Waals surface area contributed by atoms with Crippen LogP contribution in [-0.4, -0.2) is 25.3 Å². The summed E-state index contributed by atoms with van der Waals surface area (Å²) in [6.07, 6.45) is 4.61. The standard InChI is InChI=1S/C16H15FN4O/c17-12-3-1-11(2-4-12)9-14-6-5-13(20-14)7-8-15(22)16-18-10-19-21-16/h1-8,10,15,20,22H,9H2,(H,18,19,21). The molecule has 6 heteroatoms. The number of H-pyrrole nitrogens is 2. The third-order valence-corrected chi connectivity index (χ3v) is 3.25. The van der Waals surface area contributed by atoms with Crippen molar-refractivity contribution in [1.82, 2.24) is 20.2 Å². The number of rotatable bonds is 5. The van der Waals surface area contributed by atoms with E-state index in [1.54, 1.807) is 24.3 Å². The highest BCUT2D eigenvalue weighted by Crippen LogP contribution is 2.13. The molecule has 0 radical (unpaired) electrons. The number of aliphatic hydroxyl groups is 1. The number of aromatic nitrogens is 4. The maximum absolute atomic E-state index is 12.9. The van der Waals surface area contributed by atoms with E-state index in [4.69, 9.17) is 0 Å². The van der Waals surface area contributed by atoms with Gasteiger partial charge in [0.15, 0.2) is 5.82 Å². The van der Waals surface area contributed by atoms with E-state index >= 15 is 0 Å². The van der Waals surface area contributed by atoms with Crippen molar-refractivity contribution in [2.75, 3.05) is 0 Å². The van der Waals surface area contributed by atoms with Gasteiger partial charge >= 0.3 is 0 Å². The Morgan fingerprint density at radius 1 is 1.18 bits per heavy atom. The molecule has 3 aromatic rings. The Morgan fingerprint density at radius 2 is 2.00 bits per heavy atom. The summed E-state index contributed by atoms with van der Waals surface area (Å²) in [4.78, 5) is 7.13. The van der Waals surface area contributed by atoms with Gasteiger partial charge in [-0.1, -0.05) is 12.1 Å². The summed E-state index contributed by atoms with van der Waals surface area (Å²) in [5, 5.41) is 16.2. The molecule has 1 aromatic carbocycles. The topological polar surface area (TPSA) is 77.6 Å². The monoisotopic (exact) mass is 298 g/mol. The summed E-state index contributed by atoms with van der Waals surface area (Å²) in [6, 6.07) is 10.3. The van der Waals surface area contributed by atoms with Gasteiger partial charge < -0.3 is 10.1 Å². The van der Waals surface area contributed by atoms with Crippen molar-refractivity contribution in [1.29, 1.82) is 0 Å². The Morgan fingerprint density at radius 3 is 2.73 bits per heavy atom. The Kier molecular flexibility index (Phi) is 4.11. The fraction of sp³-hybridized carbons (Fsp3) is 0.125. The predicted octanol–water partition coefficient (Wildman–Crippen LogP) is 2.61. The van der Waals surface area contributed by atoms with Gasteiger partial charge in [0.2, 0.25) is 0 Å². The SMILES string of the molecule is OC(C=Cc1ccc(Cc2ccc(F)cc2)[nH]1)c1ncn[nH]1. The second-order valence-electron chi connectivity index (χ2n) is 4.92. The highest BCUT2D eigenvalue weighted by molar-refractivity contribution is 5.47. The zero-order valence-electron chi connectivity index (χ0n) is 11.7. The van der Waals surface area contributed by atoms with E-state index in [0.29, 0.717) is 12.2 Å². The van der Waals surface area contributed by atoms with E-state index in [1.165, 1.54) is 18.5 Å². The molecule has 5 nitrogen and oxygen atoms in total. The van der Waals surface area contributed by atoms with Crippen LogP contribution in [0.5, 0.6) is 0 Å². The molecule has 2 aromatic heterocycles. The first kappa shape index (κ1) is 14.2. The molecular weight excluding hydrogens is 283 g/mol. The normalized spacial score (nSPS) is 12.8. The summed E-state index contributed by atoms with van der Waals surface area (Å²) in [7, 11) is 0. The summed E-state index contributed by atoms with van der Waals surface area (Å²) >= 11 is 0. The van der Waals surface area contributed by atoms with Crippen LogP contribution < -0.4 is 0 Å². The van der Waals surface area contributed by atoms with Crippen molar-refractivity contribution in [3.8, 4) is 0 Å². The first-order valence-electron chi connectivity index (χ1n) is 6.84. The van der Waals surface area contributed by atoms with Gasteiger partial charge in [-0.3, -0.25) is 5.10 Å². The number of aliphatic hydroxyl groups excluding tert-OH is 1. The number of halogens is 1. The molecule has 3 N–H and O–H groups in total. The minimum Gasteiger partial charge on any atom is -0.381 e. The van der Waals surface area contributed by atoms with Crippen molar-refractivity contribution in [3.05, 3.63) is 77.4 Å². The van der Waals surface area contributed by atoms with Gasteiger partial charge in [0.1, 0.15) is 18.2 Å². The third kappa shape index (κ3) is 3.48. The summed E-state index contributed by atoms with van der Waals surface area (Å²) in [5.41, 5.74) is 2.91. The van der Waals surface area contributed by atoms with E-state index in [0.717, 1.165) is 17.0 Å². The molecule has 1 unspecified atom stereocenters. The highest BCUT2D eigenvalue weighted by atomic mass is 19.1. The Balaban J connectivity index is 1.64. The lowest BCUT2D eigenvalue weighted by Gasteiger charge is -2.00. The summed E-state index contributed by atoms with van der Waals surface area (Å²) in [5.74, 6) is 0.162. The van der Waals surface area contributed by atoms with E-state index in [2.05, 4.69) is 20.2 Å². The molecule has 0 spiro atoms. The largest absolute Gasteiger partial charge is 0.381 e. The molecule has 2 heterocycles. The van der Waals surface area contributed by atoms with E-state index in [9.17, 15) is 9.50 Å². The average Bonchev–Trinajstić information content (AvgIpc) is 3.19. The molecule has 0 aliphatic carbocycles. The third-order valence-electron chi connectivity index (χ3n) is 3.25. The Bertz CT molecular complexity index is 747. The van der Waals surface area contributed by atoms with Crippen LogP contribution in [0.1, 0.15) is 28.9 Å². The van der Waals surface area contributed by atoms with Crippen LogP contribution in [0.15, 0.2) is 48.8 Å². The first-order valence-corrected chi connectivity index (χ1v) is 6.84. The Hall–Kier alpha value is -2.73. The van der Waals surface area contributed by atoms with E-state index in [-0.39, 0.29) is 5.82 Å². The smallest absolute Gasteiger partial charge is 0.157 e. The summed E-state index contributed by atoms with van der Waals surface area (Å²) in [6.45, 7) is 0. The van der Waals surface area contributed by atoms with Gasteiger partial charge in [0, 0.05) is 17.8 Å².